The summed E-state index contributed by atoms with van der Waals surface area (Å²) in [4.78, 5) is 38.3. The quantitative estimate of drug-likeness (QED) is 0.0261. The Labute approximate surface area is 488 Å². The molecule has 1 unspecified atom stereocenters. The molecule has 0 saturated carbocycles. The molecule has 0 rings (SSSR count). The Kier molecular flexibility index (Phi) is 62.8. The Morgan fingerprint density at radius 3 is 0.772 bits per heavy atom. The van der Waals surface area contributed by atoms with Crippen molar-refractivity contribution in [2.24, 2.45) is 0 Å². The zero-order valence-corrected chi connectivity index (χ0v) is 51.6. The number of hydrogen-bond acceptors (Lipinski definition) is 6. The first-order valence-corrected chi connectivity index (χ1v) is 33.0. The van der Waals surface area contributed by atoms with Crippen LogP contribution >= 0.6 is 0 Å². The van der Waals surface area contributed by atoms with Crippen LogP contribution in [-0.4, -0.2) is 37.2 Å². The van der Waals surface area contributed by atoms with Crippen molar-refractivity contribution in [2.45, 2.75) is 309 Å². The summed E-state index contributed by atoms with van der Waals surface area (Å²) >= 11 is 0. The van der Waals surface area contributed by atoms with Gasteiger partial charge in [0, 0.05) is 19.3 Å². The van der Waals surface area contributed by atoms with Crippen molar-refractivity contribution in [2.75, 3.05) is 13.2 Å². The molecule has 0 aromatic carbocycles. The summed E-state index contributed by atoms with van der Waals surface area (Å²) in [6.45, 7) is 6.42. The summed E-state index contributed by atoms with van der Waals surface area (Å²) in [6.07, 6.45) is 92.0. The van der Waals surface area contributed by atoms with Gasteiger partial charge in [0.25, 0.3) is 0 Å². The molecule has 0 amide bonds. The zero-order chi connectivity index (χ0) is 57.1. The Balaban J connectivity index is 4.31. The number of esters is 3. The van der Waals surface area contributed by atoms with Gasteiger partial charge >= 0.3 is 17.9 Å². The lowest BCUT2D eigenvalue weighted by Crippen LogP contribution is -2.30. The Bertz CT molecular complexity index is 1640. The highest BCUT2D eigenvalue weighted by Gasteiger charge is 2.19. The topological polar surface area (TPSA) is 78.9 Å². The molecule has 0 aromatic heterocycles. The van der Waals surface area contributed by atoms with Gasteiger partial charge in [-0.05, 0) is 109 Å². The van der Waals surface area contributed by atoms with Crippen molar-refractivity contribution in [3.05, 3.63) is 122 Å². The summed E-state index contributed by atoms with van der Waals surface area (Å²) in [7, 11) is 0. The maximum atomic E-state index is 12.9. The van der Waals surface area contributed by atoms with E-state index in [9.17, 15) is 14.4 Å². The number of ether oxygens (including phenoxy) is 3. The fraction of sp³-hybridized carbons (Fsp3) is 0.685. The third-order valence-corrected chi connectivity index (χ3v) is 14.0. The maximum Gasteiger partial charge on any atom is 0.306 e. The number of allylic oxidation sites excluding steroid dienone is 20. The van der Waals surface area contributed by atoms with E-state index in [0.717, 1.165) is 135 Å². The van der Waals surface area contributed by atoms with Gasteiger partial charge in [-0.2, -0.15) is 0 Å². The van der Waals surface area contributed by atoms with Crippen molar-refractivity contribution in [3.63, 3.8) is 0 Å². The van der Waals surface area contributed by atoms with E-state index < -0.39 is 6.10 Å². The molecule has 0 bridgehead atoms. The predicted octanol–water partition coefficient (Wildman–Crippen LogP) is 22.8. The molecule has 0 N–H and O–H groups in total. The zero-order valence-electron chi connectivity index (χ0n) is 51.6. The molecule has 79 heavy (non-hydrogen) atoms. The van der Waals surface area contributed by atoms with E-state index in [0.29, 0.717) is 19.3 Å². The van der Waals surface area contributed by atoms with E-state index in [-0.39, 0.29) is 31.1 Å². The van der Waals surface area contributed by atoms with Gasteiger partial charge in [0.1, 0.15) is 13.2 Å². The van der Waals surface area contributed by atoms with Crippen LogP contribution in [0.25, 0.3) is 0 Å². The van der Waals surface area contributed by atoms with Crippen LogP contribution < -0.4 is 0 Å². The van der Waals surface area contributed by atoms with Gasteiger partial charge in [-0.15, -0.1) is 0 Å². The monoisotopic (exact) mass is 1090 g/mol. The molecule has 0 saturated heterocycles. The highest BCUT2D eigenvalue weighted by atomic mass is 16.6. The second-order valence-corrected chi connectivity index (χ2v) is 21.6. The highest BCUT2D eigenvalue weighted by molar-refractivity contribution is 5.71. The van der Waals surface area contributed by atoms with E-state index >= 15 is 0 Å². The third-order valence-electron chi connectivity index (χ3n) is 14.0. The molecule has 0 aromatic rings. The van der Waals surface area contributed by atoms with E-state index in [4.69, 9.17) is 14.2 Å². The summed E-state index contributed by atoms with van der Waals surface area (Å²) < 4.78 is 16.9. The molecular weight excluding hydrogens is 973 g/mol. The summed E-state index contributed by atoms with van der Waals surface area (Å²) in [5.74, 6) is -0.888. The van der Waals surface area contributed by atoms with Crippen molar-refractivity contribution in [3.8, 4) is 0 Å². The molecule has 0 spiro atoms. The second kappa shape index (κ2) is 66.3. The van der Waals surface area contributed by atoms with Crippen LogP contribution in [0.4, 0.5) is 0 Å². The van der Waals surface area contributed by atoms with Crippen molar-refractivity contribution in [1.82, 2.24) is 0 Å². The highest BCUT2D eigenvalue weighted by Crippen LogP contribution is 2.16. The first kappa shape index (κ1) is 74.8. The number of rotatable bonds is 59. The Morgan fingerprint density at radius 2 is 0.494 bits per heavy atom. The molecule has 0 fully saturated rings. The molecule has 450 valence electrons. The number of carbonyl (C=O) groups is 3. The maximum absolute atomic E-state index is 12.9. The average Bonchev–Trinajstić information content (AvgIpc) is 3.45. The number of unbranched alkanes of at least 4 members (excludes halogenated alkanes) is 28. The first-order valence-electron chi connectivity index (χ1n) is 33.0. The molecule has 0 aliphatic rings. The summed E-state index contributed by atoms with van der Waals surface area (Å²) in [5.41, 5.74) is 0. The van der Waals surface area contributed by atoms with E-state index in [1.807, 2.05) is 0 Å². The predicted molar refractivity (Wildman–Crippen MR) is 343 cm³/mol. The molecule has 0 heterocycles. The van der Waals surface area contributed by atoms with Crippen LogP contribution in [0.1, 0.15) is 303 Å². The Hall–Kier alpha value is -4.19. The lowest BCUT2D eigenvalue weighted by atomic mass is 10.1. The first-order chi connectivity index (χ1) is 39.0. The van der Waals surface area contributed by atoms with Gasteiger partial charge in [0.2, 0.25) is 0 Å². The van der Waals surface area contributed by atoms with Crippen LogP contribution in [0.15, 0.2) is 122 Å². The summed E-state index contributed by atoms with van der Waals surface area (Å²) in [5, 5.41) is 0. The van der Waals surface area contributed by atoms with Crippen LogP contribution in [0.3, 0.4) is 0 Å². The van der Waals surface area contributed by atoms with Gasteiger partial charge in [0.05, 0.1) is 0 Å². The van der Waals surface area contributed by atoms with Crippen LogP contribution in [-0.2, 0) is 28.6 Å². The minimum atomic E-state index is -0.786. The molecule has 0 aliphatic carbocycles. The molecule has 6 heteroatoms. The van der Waals surface area contributed by atoms with E-state index in [1.54, 1.807) is 0 Å². The average molecular weight is 1100 g/mol. The third kappa shape index (κ3) is 64.5. The fourth-order valence-electron chi connectivity index (χ4n) is 9.09. The second-order valence-electron chi connectivity index (χ2n) is 21.6. The van der Waals surface area contributed by atoms with Crippen LogP contribution in [0.5, 0.6) is 0 Å². The molecule has 0 radical (unpaired) electrons. The molecular formula is C73H122O6. The molecule has 6 nitrogen and oxygen atoms in total. The fourth-order valence-corrected chi connectivity index (χ4v) is 9.09. The van der Waals surface area contributed by atoms with Gasteiger partial charge in [-0.3, -0.25) is 14.4 Å². The minimum absolute atomic E-state index is 0.0818. The Morgan fingerprint density at radius 1 is 0.266 bits per heavy atom. The van der Waals surface area contributed by atoms with Crippen LogP contribution in [0, 0.1) is 0 Å². The smallest absolute Gasteiger partial charge is 0.306 e. The number of hydrogen-bond donors (Lipinski definition) is 0. The minimum Gasteiger partial charge on any atom is -0.462 e. The molecule has 0 aliphatic heterocycles. The van der Waals surface area contributed by atoms with E-state index in [1.165, 1.54) is 128 Å². The summed E-state index contributed by atoms with van der Waals surface area (Å²) in [6, 6.07) is 0. The standard InChI is InChI=1S/C73H122O6/c1-4-7-10-13-16-19-22-24-26-28-30-32-34-36-38-40-42-44-46-48-51-54-57-60-63-66-72(75)78-69-70(68-77-71(74)65-62-59-56-53-50-21-18-15-12-9-6-3)79-73(76)67-64-61-58-55-52-49-47-45-43-41-39-37-35-33-31-29-27-25-23-20-17-14-11-8-5-2/h7-8,10-11,16-17,19-20,24-27,30-33,36-39,70H,4-6,9,12-15,18,21-23,28-29,34-35,40-69H2,1-3H3/b10-7-,11-8-,19-16-,20-17-,26-24-,27-25-,32-30-,33-31-,38-36-,39-37-. The molecule has 1 atom stereocenters. The van der Waals surface area contributed by atoms with Crippen LogP contribution in [0.2, 0.25) is 0 Å². The number of carbonyl (C=O) groups excluding carboxylic acids is 3. The van der Waals surface area contributed by atoms with Crippen molar-refractivity contribution in [1.29, 1.82) is 0 Å². The van der Waals surface area contributed by atoms with Gasteiger partial charge < -0.3 is 14.2 Å². The van der Waals surface area contributed by atoms with Gasteiger partial charge in [0.15, 0.2) is 6.10 Å². The van der Waals surface area contributed by atoms with E-state index in [2.05, 4.69) is 142 Å². The SMILES string of the molecule is CC/C=C\C/C=C\C/C=C\C/C=C\C/C=C\CCCCCCCCCCCC(=O)OCC(COC(=O)CCCCCCCCCCCCC)OC(=O)CCCCCCCCCCC/C=C\C/C=C\C/C=C\C/C=C\C/C=C\CC. The normalized spacial score (nSPS) is 12.9. The lowest BCUT2D eigenvalue weighted by molar-refractivity contribution is -0.167. The van der Waals surface area contributed by atoms with Crippen molar-refractivity contribution < 1.29 is 28.6 Å². The largest absolute Gasteiger partial charge is 0.462 e. The lowest BCUT2D eigenvalue weighted by Gasteiger charge is -2.18. The van der Waals surface area contributed by atoms with Crippen molar-refractivity contribution >= 4 is 17.9 Å². The van der Waals surface area contributed by atoms with Gasteiger partial charge in [-0.25, -0.2) is 0 Å². The van der Waals surface area contributed by atoms with Gasteiger partial charge in [-0.1, -0.05) is 296 Å².